The Kier molecular flexibility index (Phi) is 3.37. The van der Waals surface area contributed by atoms with Gasteiger partial charge in [0.15, 0.2) is 9.84 Å². The molecule has 0 aromatic heterocycles. The minimum absolute atomic E-state index is 0.540. The molecule has 1 heterocycles. The van der Waals surface area contributed by atoms with Crippen LogP contribution in [-0.4, -0.2) is 49.1 Å². The van der Waals surface area contributed by atoms with Crippen LogP contribution in [0, 0.1) is 5.92 Å². The lowest BCUT2D eigenvalue weighted by Gasteiger charge is -2.31. The van der Waals surface area contributed by atoms with E-state index in [-0.39, 0.29) is 0 Å². The fraction of sp³-hybridized carbons (Fsp3) is 0.714. The van der Waals surface area contributed by atoms with Crippen LogP contribution in [0.3, 0.4) is 0 Å². The summed E-state index contributed by atoms with van der Waals surface area (Å²) in [6.45, 7) is 0. The van der Waals surface area contributed by atoms with Crippen LogP contribution in [0.5, 0.6) is 0 Å². The summed E-state index contributed by atoms with van der Waals surface area (Å²) in [5, 5.41) is 9.88. The normalized spacial score (nSPS) is 21.4. The maximum absolute atomic E-state index is 11.9. The van der Waals surface area contributed by atoms with Gasteiger partial charge in [-0.3, -0.25) is 4.79 Å². The third kappa shape index (κ3) is 3.32. The number of carboxylic acids is 1. The minimum atomic E-state index is -5.20. The molecule has 0 spiro atoms. The molecule has 10 heteroatoms. The van der Waals surface area contributed by atoms with E-state index in [2.05, 4.69) is 0 Å². The molecule has 0 bridgehead atoms. The van der Waals surface area contributed by atoms with Crippen LogP contribution in [0.15, 0.2) is 0 Å². The maximum Gasteiger partial charge on any atom is 0.471 e. The van der Waals surface area contributed by atoms with Crippen molar-refractivity contribution in [2.75, 3.05) is 11.5 Å². The van der Waals surface area contributed by atoms with Crippen molar-refractivity contribution >= 4 is 21.7 Å². The fourth-order valence-electron chi connectivity index (χ4n) is 1.40. The Morgan fingerprint density at radius 2 is 1.76 bits per heavy atom. The van der Waals surface area contributed by atoms with Gasteiger partial charge in [-0.1, -0.05) is 0 Å². The zero-order valence-electron chi connectivity index (χ0n) is 8.19. The first-order chi connectivity index (χ1) is 7.53. The number of hydrogen-bond donors (Lipinski definition) is 2. The number of rotatable bonds is 3. The van der Waals surface area contributed by atoms with E-state index >= 15 is 0 Å². The molecule has 17 heavy (non-hydrogen) atoms. The molecule has 1 fully saturated rings. The lowest BCUT2D eigenvalue weighted by atomic mass is 10.0. The number of hydrogen-bond acceptors (Lipinski definition) is 4. The highest BCUT2D eigenvalue weighted by Gasteiger charge is 2.47. The average Bonchev–Trinajstić information content (AvgIpc) is 2.07. The van der Waals surface area contributed by atoms with Gasteiger partial charge in [0.2, 0.25) is 0 Å². The molecule has 1 saturated heterocycles. The number of nitrogens with one attached hydrogen (secondary N) is 1. The van der Waals surface area contributed by atoms with E-state index in [1.165, 1.54) is 5.32 Å². The van der Waals surface area contributed by atoms with Crippen LogP contribution in [0.1, 0.15) is 0 Å². The highest BCUT2D eigenvalue weighted by atomic mass is 32.2. The molecule has 1 amide bonds. The summed E-state index contributed by atoms with van der Waals surface area (Å²) in [7, 11) is -3.38. The Bertz CT molecular complexity index is 431. The highest BCUT2D eigenvalue weighted by molar-refractivity contribution is 7.92. The van der Waals surface area contributed by atoms with Crippen molar-refractivity contribution in [2.45, 2.75) is 12.2 Å². The van der Waals surface area contributed by atoms with Gasteiger partial charge in [-0.15, -0.1) is 0 Å². The summed E-state index contributed by atoms with van der Waals surface area (Å²) in [6, 6.07) is -1.84. The molecule has 0 aliphatic carbocycles. The Labute approximate surface area is 93.7 Å². The zero-order valence-corrected chi connectivity index (χ0v) is 9.01. The van der Waals surface area contributed by atoms with E-state index in [0.29, 0.717) is 0 Å². The SMILES string of the molecule is O=C(O)C(NC(=O)C(F)(F)F)C1CS(=O)(=O)C1. The van der Waals surface area contributed by atoms with Crippen LogP contribution >= 0.6 is 0 Å². The van der Waals surface area contributed by atoms with Crippen LogP contribution in [-0.2, 0) is 19.4 Å². The molecule has 0 aromatic carbocycles. The fourth-order valence-corrected chi connectivity index (χ4v) is 2.99. The summed E-state index contributed by atoms with van der Waals surface area (Å²) in [4.78, 5) is 21.2. The van der Waals surface area contributed by atoms with E-state index in [9.17, 15) is 31.2 Å². The van der Waals surface area contributed by atoms with Crippen LogP contribution < -0.4 is 5.32 Å². The number of alkyl halides is 3. The van der Waals surface area contributed by atoms with Crippen molar-refractivity contribution in [3.8, 4) is 0 Å². The second-order valence-corrected chi connectivity index (χ2v) is 5.78. The maximum atomic E-state index is 11.9. The second-order valence-electron chi connectivity index (χ2n) is 3.62. The molecule has 1 aliphatic rings. The van der Waals surface area contributed by atoms with Gasteiger partial charge in [-0.05, 0) is 0 Å². The van der Waals surface area contributed by atoms with Gasteiger partial charge in [0.05, 0.1) is 11.5 Å². The van der Waals surface area contributed by atoms with Gasteiger partial charge in [-0.25, -0.2) is 13.2 Å². The lowest BCUT2D eigenvalue weighted by molar-refractivity contribution is -0.176. The molecule has 98 valence electrons. The standard InChI is InChI=1S/C7H8F3NO5S/c8-7(9,10)6(14)11-4(5(12)13)3-1-17(15,16)2-3/h3-4H,1-2H2,(H,11,14)(H,12,13). The molecule has 0 radical (unpaired) electrons. The van der Waals surface area contributed by atoms with Crippen molar-refractivity contribution in [3.63, 3.8) is 0 Å². The van der Waals surface area contributed by atoms with Gasteiger partial charge >= 0.3 is 18.1 Å². The van der Waals surface area contributed by atoms with Gasteiger partial charge in [0.1, 0.15) is 6.04 Å². The second kappa shape index (κ2) is 4.17. The molecule has 1 aliphatic heterocycles. The first-order valence-electron chi connectivity index (χ1n) is 4.34. The Morgan fingerprint density at radius 3 is 2.06 bits per heavy atom. The van der Waals surface area contributed by atoms with Crippen molar-refractivity contribution in [1.82, 2.24) is 5.32 Å². The quantitative estimate of drug-likeness (QED) is 0.699. The largest absolute Gasteiger partial charge is 0.480 e. The molecule has 0 aromatic rings. The molecule has 1 atom stereocenters. The van der Waals surface area contributed by atoms with Gasteiger partial charge in [0.25, 0.3) is 0 Å². The summed E-state index contributed by atoms with van der Waals surface area (Å²) < 4.78 is 57.2. The summed E-state index contributed by atoms with van der Waals surface area (Å²) in [5.74, 6) is -6.19. The van der Waals surface area contributed by atoms with E-state index in [4.69, 9.17) is 5.11 Å². The lowest BCUT2D eigenvalue weighted by Crippen LogP contribution is -2.57. The molecule has 1 rings (SSSR count). The summed E-state index contributed by atoms with van der Waals surface area (Å²) in [6.07, 6.45) is -5.20. The third-order valence-corrected chi connectivity index (χ3v) is 4.09. The van der Waals surface area contributed by atoms with Crippen molar-refractivity contribution < 1.29 is 36.3 Å². The summed E-state index contributed by atoms with van der Waals surface area (Å²) in [5.41, 5.74) is 0. The minimum Gasteiger partial charge on any atom is -0.480 e. The zero-order chi connectivity index (χ0) is 13.4. The first kappa shape index (κ1) is 13.7. The van der Waals surface area contributed by atoms with Crippen molar-refractivity contribution in [1.29, 1.82) is 0 Å². The smallest absolute Gasteiger partial charge is 0.471 e. The Morgan fingerprint density at radius 1 is 1.29 bits per heavy atom. The van der Waals surface area contributed by atoms with E-state index < -0.39 is 51.4 Å². The molecule has 0 saturated carbocycles. The van der Waals surface area contributed by atoms with Crippen molar-refractivity contribution in [3.05, 3.63) is 0 Å². The number of carbonyl (C=O) groups is 2. The first-order valence-corrected chi connectivity index (χ1v) is 6.16. The number of amides is 1. The number of halogens is 3. The molecule has 1 unspecified atom stereocenters. The van der Waals surface area contributed by atoms with Crippen molar-refractivity contribution in [2.24, 2.45) is 5.92 Å². The van der Waals surface area contributed by atoms with Crippen LogP contribution in [0.4, 0.5) is 13.2 Å². The summed E-state index contributed by atoms with van der Waals surface area (Å²) >= 11 is 0. The molecule has 2 N–H and O–H groups in total. The van der Waals surface area contributed by atoms with Crippen LogP contribution in [0.2, 0.25) is 0 Å². The Balaban J connectivity index is 2.70. The predicted octanol–water partition coefficient (Wildman–Crippen LogP) is -0.837. The number of sulfone groups is 1. The topological polar surface area (TPSA) is 101 Å². The van der Waals surface area contributed by atoms with E-state index in [1.807, 2.05) is 0 Å². The third-order valence-electron chi connectivity index (χ3n) is 2.22. The van der Waals surface area contributed by atoms with Crippen LogP contribution in [0.25, 0.3) is 0 Å². The highest BCUT2D eigenvalue weighted by Crippen LogP contribution is 2.23. The average molecular weight is 275 g/mol. The van der Waals surface area contributed by atoms with Gasteiger partial charge in [0, 0.05) is 5.92 Å². The number of aliphatic carboxylic acids is 1. The van der Waals surface area contributed by atoms with Gasteiger partial charge < -0.3 is 10.4 Å². The number of carbonyl (C=O) groups excluding carboxylic acids is 1. The number of carboxylic acid groups (broad SMARTS) is 1. The Hall–Kier alpha value is -1.32. The van der Waals surface area contributed by atoms with Gasteiger partial charge in [-0.2, -0.15) is 13.2 Å². The monoisotopic (exact) mass is 275 g/mol. The molecular formula is C7H8F3NO5S. The molecule has 6 nitrogen and oxygen atoms in total. The van der Waals surface area contributed by atoms with E-state index in [1.54, 1.807) is 0 Å². The predicted molar refractivity (Wildman–Crippen MR) is 47.8 cm³/mol. The van der Waals surface area contributed by atoms with E-state index in [0.717, 1.165) is 0 Å². The molecular weight excluding hydrogens is 267 g/mol.